The highest BCUT2D eigenvalue weighted by atomic mass is 127. The fourth-order valence-electron chi connectivity index (χ4n) is 1.72. The smallest absolute Gasteiger partial charge is 0.0963 e. The zero-order valence-electron chi connectivity index (χ0n) is 9.17. The van der Waals surface area contributed by atoms with Crippen molar-refractivity contribution in [3.05, 3.63) is 52.8 Å². The van der Waals surface area contributed by atoms with Gasteiger partial charge in [0.15, 0.2) is 0 Å². The van der Waals surface area contributed by atoms with E-state index in [1.165, 1.54) is 16.7 Å². The first kappa shape index (κ1) is 11.1. The molecule has 1 aromatic heterocycles. The zero-order chi connectivity index (χ0) is 10.8. The van der Waals surface area contributed by atoms with Crippen LogP contribution in [-0.4, -0.2) is 0 Å². The van der Waals surface area contributed by atoms with Gasteiger partial charge in [-0.2, -0.15) is 0 Å². The normalized spacial score (nSPS) is 10.6. The highest BCUT2D eigenvalue weighted by Gasteiger charge is 2.21. The molecule has 0 aliphatic rings. The van der Waals surface area contributed by atoms with Crippen LogP contribution in [0.2, 0.25) is 0 Å². The molecule has 0 atom stereocenters. The Labute approximate surface area is 106 Å². The van der Waals surface area contributed by atoms with Crippen LogP contribution in [0.25, 0.3) is 0 Å². The molecule has 0 radical (unpaired) electrons. The first-order valence-corrected chi connectivity index (χ1v) is 7.96. The third kappa shape index (κ3) is 2.61. The Bertz CT molecular complexity index is 434. The summed E-state index contributed by atoms with van der Waals surface area (Å²) in [5.74, 6) is 0. The highest BCUT2D eigenvalue weighted by Crippen LogP contribution is 2.07. The highest BCUT2D eigenvalue weighted by molar-refractivity contribution is 7.07. The zero-order valence-corrected chi connectivity index (χ0v) is 12.1. The largest absolute Gasteiger partial charge is 0.370 e. The lowest BCUT2D eigenvalue weighted by atomic mass is 10.1. The molecule has 0 saturated heterocycles. The van der Waals surface area contributed by atoms with Crippen molar-refractivity contribution in [2.24, 2.45) is 0 Å². The second kappa shape index (κ2) is 4.66. The Kier molecular flexibility index (Phi) is 3.46. The van der Waals surface area contributed by atoms with Crippen molar-refractivity contribution in [3.8, 4) is 0 Å². The van der Waals surface area contributed by atoms with Crippen LogP contribution in [0.4, 0.5) is 0 Å². The first-order valence-electron chi connectivity index (χ1n) is 4.93. The second-order valence-corrected chi connectivity index (χ2v) is 8.18. The Morgan fingerprint density at radius 2 is 1.73 bits per heavy atom. The van der Waals surface area contributed by atoms with E-state index in [0.717, 1.165) is 0 Å². The van der Waals surface area contributed by atoms with E-state index in [4.69, 9.17) is 0 Å². The standard InChI is InChI=1S/C13H14IS/c1-9-7-10(2)13(11(3)8-9)14-12-5-4-6-15-12/h4-8H,1-3H3/q+1. The third-order valence-electron chi connectivity index (χ3n) is 2.25. The van der Waals surface area contributed by atoms with Crippen LogP contribution in [0.15, 0.2) is 29.6 Å². The number of thiophene rings is 1. The molecule has 78 valence electrons. The molecule has 2 aromatic rings. The van der Waals surface area contributed by atoms with Crippen molar-refractivity contribution in [3.63, 3.8) is 0 Å². The fraction of sp³-hybridized carbons (Fsp3) is 0.231. The minimum atomic E-state index is 0.0286. The summed E-state index contributed by atoms with van der Waals surface area (Å²) in [7, 11) is 0. The van der Waals surface area contributed by atoms with Crippen molar-refractivity contribution < 1.29 is 21.2 Å². The number of halogens is 1. The lowest BCUT2D eigenvalue weighted by molar-refractivity contribution is -0.592. The number of rotatable bonds is 2. The monoisotopic (exact) mass is 329 g/mol. The van der Waals surface area contributed by atoms with Crippen molar-refractivity contribution in [1.82, 2.24) is 0 Å². The van der Waals surface area contributed by atoms with Crippen molar-refractivity contribution >= 4 is 11.3 Å². The van der Waals surface area contributed by atoms with E-state index in [1.54, 1.807) is 6.45 Å². The molecule has 0 saturated carbocycles. The molecule has 0 N–H and O–H groups in total. The summed E-state index contributed by atoms with van der Waals surface area (Å²) >= 11 is 1.92. The van der Waals surface area contributed by atoms with Crippen molar-refractivity contribution in [2.45, 2.75) is 20.8 Å². The number of aryl methyl sites for hydroxylation is 3. The molecule has 0 amide bonds. The Morgan fingerprint density at radius 3 is 2.27 bits per heavy atom. The maximum atomic E-state index is 2.30. The Morgan fingerprint density at radius 1 is 1.07 bits per heavy atom. The molecule has 0 bridgehead atoms. The molecule has 1 aromatic carbocycles. The summed E-state index contributed by atoms with van der Waals surface area (Å²) in [4.78, 5) is 0. The predicted octanol–water partition coefficient (Wildman–Crippen LogP) is 0.802. The summed E-state index contributed by atoms with van der Waals surface area (Å²) in [5, 5.41) is 2.17. The van der Waals surface area contributed by atoms with Crippen LogP contribution < -0.4 is 21.2 Å². The second-order valence-electron chi connectivity index (χ2n) is 3.72. The van der Waals surface area contributed by atoms with E-state index in [9.17, 15) is 0 Å². The lowest BCUT2D eigenvalue weighted by Crippen LogP contribution is -3.61. The summed E-state index contributed by atoms with van der Waals surface area (Å²) in [6.45, 7) is 6.65. The van der Waals surface area contributed by atoms with Gasteiger partial charge in [-0.1, -0.05) is 29.0 Å². The van der Waals surface area contributed by atoms with Gasteiger partial charge in [0, 0.05) is 17.2 Å². The van der Waals surface area contributed by atoms with Crippen LogP contribution in [0.3, 0.4) is 0 Å². The minimum absolute atomic E-state index is 0.0286. The topological polar surface area (TPSA) is 0 Å². The lowest BCUT2D eigenvalue weighted by Gasteiger charge is -1.99. The Hall–Kier alpha value is -0.350. The maximum Gasteiger partial charge on any atom is 0.370 e. The molecule has 2 heteroatoms. The maximum absolute atomic E-state index is 2.30. The number of hydrogen-bond acceptors (Lipinski definition) is 1. The molecule has 0 spiro atoms. The molecule has 0 aliphatic heterocycles. The first-order chi connectivity index (χ1) is 7.16. The van der Waals surface area contributed by atoms with Crippen LogP contribution in [0.1, 0.15) is 16.7 Å². The minimum Gasteiger partial charge on any atom is -0.0963 e. The summed E-state index contributed by atoms with van der Waals surface area (Å²) in [5.41, 5.74) is 4.31. The summed E-state index contributed by atoms with van der Waals surface area (Å²) < 4.78 is 3.16. The van der Waals surface area contributed by atoms with Gasteiger partial charge in [-0.25, -0.2) is 0 Å². The van der Waals surface area contributed by atoms with Crippen molar-refractivity contribution in [1.29, 1.82) is 0 Å². The van der Waals surface area contributed by atoms with Gasteiger partial charge >= 0.3 is 21.2 Å². The molecule has 0 unspecified atom stereocenters. The van der Waals surface area contributed by atoms with Gasteiger partial charge in [0.25, 0.3) is 0 Å². The van der Waals surface area contributed by atoms with Gasteiger partial charge in [0.05, 0.1) is 0 Å². The average molecular weight is 329 g/mol. The molecular formula is C13H14IS+. The molecule has 1 heterocycles. The van der Waals surface area contributed by atoms with E-state index in [0.29, 0.717) is 0 Å². The van der Waals surface area contributed by atoms with Gasteiger partial charge in [0.2, 0.25) is 6.45 Å². The fourth-order valence-corrected chi connectivity index (χ4v) is 5.63. The quantitative estimate of drug-likeness (QED) is 0.715. The van der Waals surface area contributed by atoms with E-state index in [-0.39, 0.29) is 21.2 Å². The number of hydrogen-bond donors (Lipinski definition) is 0. The van der Waals surface area contributed by atoms with Gasteiger partial charge in [-0.05, 0) is 32.2 Å². The molecular weight excluding hydrogens is 315 g/mol. The van der Waals surface area contributed by atoms with Crippen LogP contribution >= 0.6 is 11.3 Å². The average Bonchev–Trinajstić information content (AvgIpc) is 2.63. The van der Waals surface area contributed by atoms with Gasteiger partial charge in [-0.15, -0.1) is 0 Å². The van der Waals surface area contributed by atoms with E-state index < -0.39 is 0 Å². The van der Waals surface area contributed by atoms with Gasteiger partial charge < -0.3 is 0 Å². The van der Waals surface area contributed by atoms with Crippen LogP contribution in [-0.2, 0) is 0 Å². The predicted molar refractivity (Wildman–Crippen MR) is 62.4 cm³/mol. The van der Waals surface area contributed by atoms with E-state index >= 15 is 0 Å². The number of benzene rings is 1. The molecule has 0 nitrogen and oxygen atoms in total. The Balaban J connectivity index is 2.36. The van der Waals surface area contributed by atoms with Gasteiger partial charge in [-0.3, -0.25) is 0 Å². The summed E-state index contributed by atoms with van der Waals surface area (Å²) in [6.07, 6.45) is 0. The molecule has 2 rings (SSSR count). The molecule has 0 fully saturated rings. The SMILES string of the molecule is Cc1cc(C)c([I+]c2cccs2)c(C)c1. The van der Waals surface area contributed by atoms with E-state index in [1.807, 2.05) is 11.3 Å². The molecule has 0 aliphatic carbocycles. The van der Waals surface area contributed by atoms with Crippen LogP contribution in [0.5, 0.6) is 0 Å². The van der Waals surface area contributed by atoms with Crippen LogP contribution in [0, 0.1) is 27.2 Å². The van der Waals surface area contributed by atoms with Gasteiger partial charge in [0.1, 0.15) is 0 Å². The van der Waals surface area contributed by atoms with E-state index in [2.05, 4.69) is 50.4 Å². The molecule has 15 heavy (non-hydrogen) atoms. The third-order valence-corrected chi connectivity index (χ3v) is 7.32. The summed E-state index contributed by atoms with van der Waals surface area (Å²) in [6, 6.07) is 9.01. The van der Waals surface area contributed by atoms with Crippen molar-refractivity contribution in [2.75, 3.05) is 0 Å².